The second kappa shape index (κ2) is 5.54. The molecule has 1 saturated heterocycles. The van der Waals surface area contributed by atoms with Crippen LogP contribution in [0.15, 0.2) is 16.6 Å². The second-order valence-electron chi connectivity index (χ2n) is 4.12. The molecule has 0 bridgehead atoms. The Morgan fingerprint density at radius 1 is 1.58 bits per heavy atom. The van der Waals surface area contributed by atoms with Crippen LogP contribution in [0, 0.1) is 10.1 Å². The van der Waals surface area contributed by atoms with Crippen molar-refractivity contribution in [3.63, 3.8) is 0 Å². The molecule has 19 heavy (non-hydrogen) atoms. The Morgan fingerprint density at radius 3 is 2.84 bits per heavy atom. The van der Waals surface area contributed by atoms with E-state index in [0.717, 1.165) is 6.42 Å². The Kier molecular flexibility index (Phi) is 4.01. The van der Waals surface area contributed by atoms with E-state index in [1.165, 1.54) is 12.1 Å². The van der Waals surface area contributed by atoms with Crippen molar-refractivity contribution in [3.05, 3.63) is 32.3 Å². The molecule has 7 nitrogen and oxygen atoms in total. The number of nitro groups is 1. The lowest BCUT2D eigenvalue weighted by Crippen LogP contribution is -2.19. The fourth-order valence-corrected chi connectivity index (χ4v) is 2.31. The molecule has 0 aliphatic carbocycles. The summed E-state index contributed by atoms with van der Waals surface area (Å²) in [5.74, 6) is -1.33. The van der Waals surface area contributed by atoms with Gasteiger partial charge in [-0.15, -0.1) is 0 Å². The summed E-state index contributed by atoms with van der Waals surface area (Å²) < 4.78 is 5.66. The first-order chi connectivity index (χ1) is 8.99. The normalized spacial score (nSPS) is 18.3. The van der Waals surface area contributed by atoms with E-state index in [9.17, 15) is 14.9 Å². The maximum absolute atomic E-state index is 11.1. The number of aromatic carboxylic acids is 1. The van der Waals surface area contributed by atoms with Gasteiger partial charge in [0.25, 0.3) is 5.69 Å². The van der Waals surface area contributed by atoms with E-state index in [1.807, 2.05) is 0 Å². The number of benzene rings is 1. The summed E-state index contributed by atoms with van der Waals surface area (Å²) in [6.07, 6.45) is 0.811. The molecule has 102 valence electrons. The fraction of sp³-hybridized carbons (Fsp3) is 0.364. The minimum atomic E-state index is -1.33. The van der Waals surface area contributed by atoms with E-state index in [1.54, 1.807) is 0 Å². The van der Waals surface area contributed by atoms with E-state index in [2.05, 4.69) is 21.2 Å². The third-order valence-electron chi connectivity index (χ3n) is 2.80. The number of halogens is 1. The van der Waals surface area contributed by atoms with Crippen molar-refractivity contribution in [1.29, 1.82) is 0 Å². The summed E-state index contributed by atoms with van der Waals surface area (Å²) in [6, 6.07) is 2.55. The van der Waals surface area contributed by atoms with Gasteiger partial charge in [0.1, 0.15) is 5.56 Å². The Balaban J connectivity index is 2.36. The molecular weight excluding hydrogens is 320 g/mol. The molecule has 0 aromatic heterocycles. The highest BCUT2D eigenvalue weighted by Crippen LogP contribution is 2.32. The molecule has 0 radical (unpaired) electrons. The van der Waals surface area contributed by atoms with Gasteiger partial charge in [-0.05, 0) is 28.4 Å². The van der Waals surface area contributed by atoms with E-state index in [0.29, 0.717) is 23.4 Å². The molecule has 0 unspecified atom stereocenters. The standard InChI is InChI=1S/C11H11BrN2O5/c12-8-4-10(14(17)18)7(11(15)16)3-9(8)13-6-1-2-19-5-6/h3-4,6,13H,1-2,5H2,(H,15,16)/t6-/m0/s1. The number of nitrogens with one attached hydrogen (secondary N) is 1. The lowest BCUT2D eigenvalue weighted by atomic mass is 10.1. The molecule has 1 heterocycles. The van der Waals surface area contributed by atoms with Crippen molar-refractivity contribution in [2.24, 2.45) is 0 Å². The van der Waals surface area contributed by atoms with Crippen molar-refractivity contribution in [2.45, 2.75) is 12.5 Å². The number of rotatable bonds is 4. The Labute approximate surface area is 116 Å². The van der Waals surface area contributed by atoms with E-state index in [4.69, 9.17) is 9.84 Å². The van der Waals surface area contributed by atoms with Gasteiger partial charge < -0.3 is 15.2 Å². The molecule has 1 aliphatic heterocycles. The van der Waals surface area contributed by atoms with Crippen LogP contribution in [0.2, 0.25) is 0 Å². The van der Waals surface area contributed by atoms with Gasteiger partial charge in [-0.3, -0.25) is 10.1 Å². The van der Waals surface area contributed by atoms with Crippen molar-refractivity contribution < 1.29 is 19.6 Å². The Hall–Kier alpha value is -1.67. The van der Waals surface area contributed by atoms with Gasteiger partial charge in [0.05, 0.1) is 23.3 Å². The molecular formula is C11H11BrN2O5. The van der Waals surface area contributed by atoms with Crippen molar-refractivity contribution >= 4 is 33.3 Å². The molecule has 8 heteroatoms. The number of hydrogen-bond acceptors (Lipinski definition) is 5. The largest absolute Gasteiger partial charge is 0.477 e. The van der Waals surface area contributed by atoms with Crippen LogP contribution in [0.25, 0.3) is 0 Å². The predicted octanol–water partition coefficient (Wildman–Crippen LogP) is 2.26. The number of carboxylic acids is 1. The molecule has 2 rings (SSSR count). The van der Waals surface area contributed by atoms with Crippen LogP contribution in [0.1, 0.15) is 16.8 Å². The first kappa shape index (κ1) is 13.8. The summed E-state index contributed by atoms with van der Waals surface area (Å²) >= 11 is 3.21. The number of carbonyl (C=O) groups is 1. The van der Waals surface area contributed by atoms with Crippen LogP contribution in [-0.4, -0.2) is 35.3 Å². The van der Waals surface area contributed by atoms with Crippen LogP contribution in [0.4, 0.5) is 11.4 Å². The van der Waals surface area contributed by atoms with Gasteiger partial charge in [-0.25, -0.2) is 4.79 Å². The lowest BCUT2D eigenvalue weighted by molar-refractivity contribution is -0.385. The zero-order valence-corrected chi connectivity index (χ0v) is 11.3. The quantitative estimate of drug-likeness (QED) is 0.648. The van der Waals surface area contributed by atoms with Gasteiger partial charge in [-0.2, -0.15) is 0 Å². The number of nitro benzene ring substituents is 1. The molecule has 1 aromatic rings. The van der Waals surface area contributed by atoms with Crippen LogP contribution in [0.3, 0.4) is 0 Å². The number of ether oxygens (including phenoxy) is 1. The lowest BCUT2D eigenvalue weighted by Gasteiger charge is -2.14. The van der Waals surface area contributed by atoms with Crippen LogP contribution >= 0.6 is 15.9 Å². The highest BCUT2D eigenvalue weighted by Gasteiger charge is 2.24. The topological polar surface area (TPSA) is 102 Å². The van der Waals surface area contributed by atoms with E-state index < -0.39 is 16.6 Å². The second-order valence-corrected chi connectivity index (χ2v) is 4.97. The smallest absolute Gasteiger partial charge is 0.342 e. The minimum absolute atomic E-state index is 0.0828. The van der Waals surface area contributed by atoms with Gasteiger partial charge in [0, 0.05) is 17.1 Å². The third-order valence-corrected chi connectivity index (χ3v) is 3.46. The predicted molar refractivity (Wildman–Crippen MR) is 70.6 cm³/mol. The number of hydrogen-bond donors (Lipinski definition) is 2. The van der Waals surface area contributed by atoms with Gasteiger partial charge in [0.15, 0.2) is 0 Å². The number of nitrogens with zero attached hydrogens (tertiary/aromatic N) is 1. The molecule has 1 atom stereocenters. The Morgan fingerprint density at radius 2 is 2.32 bits per heavy atom. The first-order valence-corrected chi connectivity index (χ1v) is 6.34. The minimum Gasteiger partial charge on any atom is -0.477 e. The highest BCUT2D eigenvalue weighted by molar-refractivity contribution is 9.10. The average molecular weight is 331 g/mol. The van der Waals surface area contributed by atoms with E-state index >= 15 is 0 Å². The van der Waals surface area contributed by atoms with Crippen molar-refractivity contribution in [3.8, 4) is 0 Å². The molecule has 1 fully saturated rings. The monoisotopic (exact) mass is 330 g/mol. The fourth-order valence-electron chi connectivity index (χ4n) is 1.86. The van der Waals surface area contributed by atoms with E-state index in [-0.39, 0.29) is 11.6 Å². The summed E-state index contributed by atoms with van der Waals surface area (Å²) in [6.45, 7) is 1.18. The molecule has 2 N–H and O–H groups in total. The summed E-state index contributed by atoms with van der Waals surface area (Å²) in [4.78, 5) is 21.2. The number of carboxylic acid groups (broad SMARTS) is 1. The average Bonchev–Trinajstić information content (AvgIpc) is 2.83. The van der Waals surface area contributed by atoms with Gasteiger partial charge >= 0.3 is 5.97 Å². The summed E-state index contributed by atoms with van der Waals surface area (Å²) in [7, 11) is 0. The molecule has 0 saturated carbocycles. The van der Waals surface area contributed by atoms with Crippen LogP contribution in [0.5, 0.6) is 0 Å². The van der Waals surface area contributed by atoms with Crippen molar-refractivity contribution in [1.82, 2.24) is 0 Å². The first-order valence-electron chi connectivity index (χ1n) is 5.54. The van der Waals surface area contributed by atoms with Crippen molar-refractivity contribution in [2.75, 3.05) is 18.5 Å². The SMILES string of the molecule is O=C(O)c1cc(N[C@H]2CCOC2)c(Br)cc1[N+](=O)[O-]. The van der Waals surface area contributed by atoms with Crippen LogP contribution < -0.4 is 5.32 Å². The summed E-state index contributed by atoms with van der Waals surface area (Å²) in [5, 5.41) is 22.9. The molecule has 0 spiro atoms. The zero-order chi connectivity index (χ0) is 14.0. The van der Waals surface area contributed by atoms with Gasteiger partial charge in [-0.1, -0.05) is 0 Å². The maximum atomic E-state index is 11.1. The highest BCUT2D eigenvalue weighted by atomic mass is 79.9. The molecule has 1 aliphatic rings. The van der Waals surface area contributed by atoms with Crippen LogP contribution in [-0.2, 0) is 4.74 Å². The summed E-state index contributed by atoms with van der Waals surface area (Å²) in [5.41, 5.74) is -0.263. The third kappa shape index (κ3) is 3.02. The number of anilines is 1. The molecule has 0 amide bonds. The van der Waals surface area contributed by atoms with Gasteiger partial charge in [0.2, 0.25) is 0 Å². The Bertz CT molecular complexity index is 528. The molecule has 1 aromatic carbocycles. The zero-order valence-electron chi connectivity index (χ0n) is 9.76. The maximum Gasteiger partial charge on any atom is 0.342 e.